The number of aliphatic hydroxyl groups excluding tert-OH is 16. The number of hydrogen-bond acceptors (Lipinski definition) is 35. The lowest BCUT2D eigenvalue weighted by atomic mass is 9.86. The highest BCUT2D eigenvalue weighted by molar-refractivity contribution is 5.79. The van der Waals surface area contributed by atoms with Crippen LogP contribution in [-0.2, 0) is 90.5 Å². The summed E-state index contributed by atoms with van der Waals surface area (Å²) in [5.74, 6) is -21.7. The van der Waals surface area contributed by atoms with Crippen molar-refractivity contribution >= 4 is 47.5 Å². The van der Waals surface area contributed by atoms with Crippen molar-refractivity contribution in [3.05, 3.63) is 12.2 Å². The molecule has 5 aliphatic rings. The molecule has 4 amide bonds. The fraction of sp³-hybridized carbons (Fsp3) is 0.885. The molecule has 0 aromatic rings. The van der Waals surface area contributed by atoms with E-state index in [4.69, 9.17) is 52.1 Å². The molecule has 5 aliphatic heterocycles. The number of rotatable bonds is 64. The number of allylic oxidation sites excluding steroid dienone is 1. The Labute approximate surface area is 753 Å². The molecule has 5 rings (SSSR count). The number of ether oxygens (including phenoxy) is 11. The minimum absolute atomic E-state index is 0.121. The molecule has 10 unspecified atom stereocenters. The second-order valence-electron chi connectivity index (χ2n) is 34.9. The highest BCUT2D eigenvalue weighted by atomic mass is 16.8. The van der Waals surface area contributed by atoms with Gasteiger partial charge in [0.25, 0.3) is 17.4 Å². The molecule has 0 spiro atoms. The molecule has 0 aromatic carbocycles. The van der Waals surface area contributed by atoms with E-state index in [0.717, 1.165) is 91.9 Å². The van der Waals surface area contributed by atoms with E-state index in [1.807, 2.05) is 0 Å². The first-order valence-corrected chi connectivity index (χ1v) is 46.2. The summed E-state index contributed by atoms with van der Waals surface area (Å²) in [6.45, 7) is 1.05. The monoisotopic (exact) mass is 1860 g/mol. The first-order valence-electron chi connectivity index (χ1n) is 46.2. The summed E-state index contributed by atoms with van der Waals surface area (Å²) < 4.78 is 63.2. The summed E-state index contributed by atoms with van der Waals surface area (Å²) in [4.78, 5) is 104. The predicted molar refractivity (Wildman–Crippen MR) is 452 cm³/mol. The van der Waals surface area contributed by atoms with Crippen molar-refractivity contribution < 1.29 is 187 Å². The Morgan fingerprint density at radius 1 is 0.434 bits per heavy atom. The second kappa shape index (κ2) is 58.7. The maximum absolute atomic E-state index is 13.9. The number of unbranched alkanes of at least 4 members (excludes halogenated alkanes) is 29. The summed E-state index contributed by atoms with van der Waals surface area (Å²) >= 11 is 0. The number of hydrogen-bond donors (Lipinski definition) is 23. The highest BCUT2D eigenvalue weighted by Gasteiger charge is 2.64. The van der Waals surface area contributed by atoms with Crippen molar-refractivity contribution in [2.45, 2.75) is 449 Å². The first-order chi connectivity index (χ1) is 61.4. The van der Waals surface area contributed by atoms with Crippen molar-refractivity contribution in [3.8, 4) is 0 Å². The van der Waals surface area contributed by atoms with Crippen LogP contribution in [0.5, 0.6) is 0 Å². The van der Waals surface area contributed by atoms with Crippen LogP contribution in [0.1, 0.15) is 266 Å². The fourth-order valence-corrected chi connectivity index (χ4v) is 17.0. The SMILES string of the molecule is CCCCCCCCCCCCC/C=C/[C@@H](O)[C@H](CO[C@@H]1OC(CO)[C@@H](O[C@@H]2OC(CO)[C@H](O)[C@H](O[C@]3(C(=O)O)CC(O)[C@@H](NC(C)=O)C([C@H](O)[C@@H](CO)O[C@]4(C(=O)O)CC(O)[C@@H](NC(C)=O)C([C@H](O)[C@@H](CO)O[C@]5(C(=O)O)CC(O)[C@@H](NC(C)=O)C([C@H](O)[C@H](O)COC(C)=O)O5)O4)O3)C2O)[C@H](O)C1O)NC(=O)CCCCCCCCCCCCCCCCCCCCC. The summed E-state index contributed by atoms with van der Waals surface area (Å²) in [6, 6.07) is -7.09. The molecule has 30 atom stereocenters. The minimum atomic E-state index is -3.59. The number of aliphatic hydroxyl groups is 16. The van der Waals surface area contributed by atoms with Gasteiger partial charge in [0.05, 0.1) is 81.6 Å². The lowest BCUT2D eigenvalue weighted by molar-refractivity contribution is -0.388. The van der Waals surface area contributed by atoms with E-state index in [-0.39, 0.29) is 6.42 Å². The predicted octanol–water partition coefficient (Wildman–Crippen LogP) is -0.356. The zero-order chi connectivity index (χ0) is 95.7. The molecular formula is C87H152N4O38. The smallest absolute Gasteiger partial charge is 0.364 e. The molecule has 5 saturated heterocycles. The van der Waals surface area contributed by atoms with Gasteiger partial charge in [-0.05, 0) is 19.3 Å². The van der Waals surface area contributed by atoms with Crippen molar-refractivity contribution in [1.29, 1.82) is 0 Å². The topological polar surface area (TPSA) is 671 Å². The molecule has 42 heteroatoms. The molecule has 23 N–H and O–H groups in total. The van der Waals surface area contributed by atoms with Gasteiger partial charge in [-0.25, -0.2) is 14.4 Å². The molecule has 0 aliphatic carbocycles. The molecule has 129 heavy (non-hydrogen) atoms. The molecule has 5 fully saturated rings. The van der Waals surface area contributed by atoms with Gasteiger partial charge in [-0.15, -0.1) is 0 Å². The summed E-state index contributed by atoms with van der Waals surface area (Å²) in [6.07, 6.45) is -17.4. The molecule has 42 nitrogen and oxygen atoms in total. The standard InChI is InChI=1S/C87H152N4O38/c1-7-9-11-13-15-17-19-21-22-23-24-25-26-28-30-32-34-36-38-40-64(105)91-54(55(100)39-37-35-33-31-29-27-20-18-16-14-12-10-8-2)48-120-80-73(111)72(110)75(63(47-95)122-80)123-81-74(112)79(69(107)60(44-92)121-81)129-87(84(117)118)43-58(103)67(90-52(5)98)78(128-87)71(109)62(46-94)125-86(83(115)116)42-57(102)66(89-51(4)97)77(127-86)70(108)61(45-93)124-85(82(113)114)41-56(101)65(88-50(3)96)76(126-85)68(106)59(104)49-119-53(6)99/h37,39,54-63,65-81,92-95,100-104,106-112H,7-36,38,40-49H2,1-6H3,(H,88,96)(H,89,97)(H,90,98)(H,91,105)(H,113,114)(H,115,116)(H,117,118)/b39-37+/t54-,55+,56?,57?,58?,59+,60?,61+,62+,63?,65+,66+,67+,68+,69-,70+,71+,72+,73?,74?,75+,76?,77?,78?,79-,80+,81-,85+,86+,87-/m0/s1. The molecule has 0 saturated carbocycles. The van der Waals surface area contributed by atoms with Crippen molar-refractivity contribution in [3.63, 3.8) is 0 Å². The average Bonchev–Trinajstić information content (AvgIpc) is 0.747. The van der Waals surface area contributed by atoms with Crippen LogP contribution in [0.4, 0.5) is 0 Å². The lowest BCUT2D eigenvalue weighted by Gasteiger charge is -2.51. The summed E-state index contributed by atoms with van der Waals surface area (Å²) in [5.41, 5.74) is 0. The van der Waals surface area contributed by atoms with Gasteiger partial charge in [0, 0.05) is 53.4 Å². The minimum Gasteiger partial charge on any atom is -0.477 e. The van der Waals surface area contributed by atoms with E-state index in [9.17, 15) is 135 Å². The lowest BCUT2D eigenvalue weighted by Crippen LogP contribution is -2.72. The Kier molecular flexibility index (Phi) is 51.8. The number of esters is 1. The van der Waals surface area contributed by atoms with E-state index in [2.05, 4.69) is 35.1 Å². The third kappa shape index (κ3) is 35.6. The Morgan fingerprint density at radius 3 is 1.19 bits per heavy atom. The van der Waals surface area contributed by atoms with Crippen LogP contribution in [0.2, 0.25) is 0 Å². The molecule has 0 bridgehead atoms. The van der Waals surface area contributed by atoms with E-state index >= 15 is 0 Å². The van der Waals surface area contributed by atoms with E-state index in [1.165, 1.54) is 128 Å². The third-order valence-corrected chi connectivity index (χ3v) is 24.2. The van der Waals surface area contributed by atoms with Gasteiger partial charge in [0.15, 0.2) is 12.6 Å². The van der Waals surface area contributed by atoms with Gasteiger partial charge < -0.3 is 170 Å². The molecule has 5 heterocycles. The normalized spacial score (nSPS) is 31.6. The number of carboxylic acids is 3. The molecular weight excluding hydrogens is 1710 g/mol. The van der Waals surface area contributed by atoms with Crippen molar-refractivity contribution in [1.82, 2.24) is 21.3 Å². The van der Waals surface area contributed by atoms with E-state index in [1.54, 1.807) is 6.08 Å². The summed E-state index contributed by atoms with van der Waals surface area (Å²) in [5, 5.41) is 227. The van der Waals surface area contributed by atoms with Crippen LogP contribution < -0.4 is 21.3 Å². The van der Waals surface area contributed by atoms with Crippen LogP contribution in [0.25, 0.3) is 0 Å². The van der Waals surface area contributed by atoms with Gasteiger partial charge in [-0.3, -0.25) is 24.0 Å². The van der Waals surface area contributed by atoms with Crippen molar-refractivity contribution in [2.24, 2.45) is 0 Å². The van der Waals surface area contributed by atoms with Crippen LogP contribution in [0.15, 0.2) is 12.2 Å². The maximum atomic E-state index is 13.9. The Balaban J connectivity index is 1.34. The third-order valence-electron chi connectivity index (χ3n) is 24.2. The van der Waals surface area contributed by atoms with Crippen LogP contribution >= 0.6 is 0 Å². The molecule has 0 aromatic heterocycles. The Bertz CT molecular complexity index is 3300. The summed E-state index contributed by atoms with van der Waals surface area (Å²) in [7, 11) is 0. The number of nitrogens with one attached hydrogen (secondary N) is 4. The quantitative estimate of drug-likeness (QED) is 0.0210. The number of aliphatic carboxylic acids is 3. The highest BCUT2D eigenvalue weighted by Crippen LogP contribution is 2.43. The largest absolute Gasteiger partial charge is 0.477 e. The average molecular weight is 1860 g/mol. The number of carbonyl (C=O) groups is 8. The number of amides is 4. The number of carbonyl (C=O) groups excluding carboxylic acids is 5. The maximum Gasteiger partial charge on any atom is 0.364 e. The fourth-order valence-electron chi connectivity index (χ4n) is 17.0. The van der Waals surface area contributed by atoms with Gasteiger partial charge in [-0.1, -0.05) is 206 Å². The van der Waals surface area contributed by atoms with Gasteiger partial charge in [0.1, 0.15) is 110 Å². The van der Waals surface area contributed by atoms with Crippen molar-refractivity contribution in [2.75, 3.05) is 39.6 Å². The van der Waals surface area contributed by atoms with E-state index in [0.29, 0.717) is 12.8 Å². The zero-order valence-corrected chi connectivity index (χ0v) is 75.5. The molecule has 748 valence electrons. The second-order valence-corrected chi connectivity index (χ2v) is 34.9. The Morgan fingerprint density at radius 2 is 0.806 bits per heavy atom. The zero-order valence-electron chi connectivity index (χ0n) is 75.5. The Hall–Kier alpha value is -5.54. The van der Waals surface area contributed by atoms with Gasteiger partial charge >= 0.3 is 23.9 Å². The van der Waals surface area contributed by atoms with Crippen LogP contribution in [0, 0.1) is 0 Å². The van der Waals surface area contributed by atoms with Gasteiger partial charge in [-0.2, -0.15) is 0 Å². The van der Waals surface area contributed by atoms with Gasteiger partial charge in [0.2, 0.25) is 23.6 Å². The first kappa shape index (κ1) is 114. The number of carboxylic acid groups (broad SMARTS) is 3. The van der Waals surface area contributed by atoms with E-state index < -0.39 is 289 Å². The van der Waals surface area contributed by atoms with Crippen LogP contribution in [-0.4, -0.2) is 366 Å². The molecule has 0 radical (unpaired) electrons. The van der Waals surface area contributed by atoms with Crippen LogP contribution in [0.3, 0.4) is 0 Å².